The van der Waals surface area contributed by atoms with Crippen LogP contribution in [-0.2, 0) is 11.3 Å². The van der Waals surface area contributed by atoms with Gasteiger partial charge in [0.25, 0.3) is 0 Å². The molecular weight excluding hydrogens is 254 g/mol. The maximum absolute atomic E-state index is 11.7. The number of nitrogens with one attached hydrogen (secondary N) is 1. The van der Waals surface area contributed by atoms with Crippen LogP contribution in [-0.4, -0.2) is 26.8 Å². The first-order valence-corrected chi connectivity index (χ1v) is 6.04. The van der Waals surface area contributed by atoms with Gasteiger partial charge in [0.2, 0.25) is 5.91 Å². The van der Waals surface area contributed by atoms with Crippen LogP contribution in [0.1, 0.15) is 15.2 Å². The predicted octanol–water partition coefficient (Wildman–Crippen LogP) is 1.59. The van der Waals surface area contributed by atoms with E-state index in [0.29, 0.717) is 5.69 Å². The lowest BCUT2D eigenvalue weighted by Crippen LogP contribution is -2.20. The van der Waals surface area contributed by atoms with Gasteiger partial charge in [0, 0.05) is 12.4 Å². The first-order valence-electron chi connectivity index (χ1n) is 5.16. The Morgan fingerprint density at radius 1 is 1.56 bits per heavy atom. The van der Waals surface area contributed by atoms with Crippen LogP contribution in [0.2, 0.25) is 0 Å². The van der Waals surface area contributed by atoms with Crippen LogP contribution in [0.25, 0.3) is 0 Å². The molecule has 2 aromatic heterocycles. The van der Waals surface area contributed by atoms with Gasteiger partial charge in [0.15, 0.2) is 0 Å². The van der Waals surface area contributed by atoms with Crippen molar-refractivity contribution in [3.05, 3.63) is 34.3 Å². The van der Waals surface area contributed by atoms with E-state index in [0.717, 1.165) is 16.9 Å². The summed E-state index contributed by atoms with van der Waals surface area (Å²) in [6.45, 7) is 1.81. The summed E-state index contributed by atoms with van der Waals surface area (Å²) < 4.78 is 1.47. The van der Waals surface area contributed by atoms with Crippen LogP contribution in [0, 0.1) is 6.92 Å². The molecule has 0 bridgehead atoms. The van der Waals surface area contributed by atoms with Crippen LogP contribution >= 0.6 is 11.3 Å². The molecule has 6 nitrogen and oxygen atoms in total. The van der Waals surface area contributed by atoms with Crippen molar-refractivity contribution in [1.82, 2.24) is 9.78 Å². The summed E-state index contributed by atoms with van der Waals surface area (Å²) in [6.07, 6.45) is 3.24. The molecule has 2 rings (SSSR count). The Morgan fingerprint density at radius 3 is 2.94 bits per heavy atom. The van der Waals surface area contributed by atoms with Gasteiger partial charge in [0.1, 0.15) is 11.4 Å². The molecule has 0 aliphatic carbocycles. The first kappa shape index (κ1) is 12.3. The molecule has 0 aliphatic rings. The molecule has 94 valence electrons. The summed E-state index contributed by atoms with van der Waals surface area (Å²) in [6, 6.07) is 1.71. The van der Waals surface area contributed by atoms with Crippen LogP contribution in [0.15, 0.2) is 23.8 Å². The molecule has 2 aromatic rings. The number of rotatable bonds is 4. The van der Waals surface area contributed by atoms with Gasteiger partial charge in [-0.3, -0.25) is 9.48 Å². The van der Waals surface area contributed by atoms with E-state index >= 15 is 0 Å². The maximum Gasteiger partial charge on any atom is 0.348 e. The zero-order valence-electron chi connectivity index (χ0n) is 9.58. The smallest absolute Gasteiger partial charge is 0.348 e. The molecule has 18 heavy (non-hydrogen) atoms. The average Bonchev–Trinajstić information content (AvgIpc) is 2.90. The minimum atomic E-state index is -1.04. The van der Waals surface area contributed by atoms with E-state index in [1.165, 1.54) is 4.68 Å². The summed E-state index contributed by atoms with van der Waals surface area (Å²) >= 11 is 1.10. The molecule has 0 saturated heterocycles. The minimum Gasteiger partial charge on any atom is -0.477 e. The Bertz CT molecular complexity index is 574. The Balaban J connectivity index is 2.11. The normalized spacial score (nSPS) is 10.3. The number of anilines is 1. The van der Waals surface area contributed by atoms with E-state index in [4.69, 9.17) is 5.11 Å². The third-order valence-electron chi connectivity index (χ3n) is 2.30. The topological polar surface area (TPSA) is 84.2 Å². The third-order valence-corrected chi connectivity index (χ3v) is 3.38. The lowest BCUT2D eigenvalue weighted by molar-refractivity contribution is -0.116. The average molecular weight is 265 g/mol. The van der Waals surface area contributed by atoms with Crippen molar-refractivity contribution in [1.29, 1.82) is 0 Å². The van der Waals surface area contributed by atoms with Gasteiger partial charge in [-0.25, -0.2) is 4.79 Å². The summed E-state index contributed by atoms with van der Waals surface area (Å²) in [5.74, 6) is -1.34. The monoisotopic (exact) mass is 265 g/mol. The van der Waals surface area contributed by atoms with Crippen LogP contribution in [0.5, 0.6) is 0 Å². The van der Waals surface area contributed by atoms with Gasteiger partial charge < -0.3 is 10.4 Å². The van der Waals surface area contributed by atoms with Crippen molar-refractivity contribution in [2.75, 3.05) is 5.32 Å². The molecular formula is C11H11N3O3S. The van der Waals surface area contributed by atoms with Gasteiger partial charge >= 0.3 is 5.97 Å². The van der Waals surface area contributed by atoms with Crippen LogP contribution < -0.4 is 5.32 Å². The highest BCUT2D eigenvalue weighted by molar-refractivity contribution is 7.12. The van der Waals surface area contributed by atoms with E-state index in [1.807, 2.05) is 0 Å². The molecule has 7 heteroatoms. The second-order valence-corrected chi connectivity index (χ2v) is 4.56. The number of amides is 1. The van der Waals surface area contributed by atoms with Crippen molar-refractivity contribution in [2.45, 2.75) is 13.5 Å². The fourth-order valence-electron chi connectivity index (χ4n) is 1.48. The zero-order chi connectivity index (χ0) is 13.1. The van der Waals surface area contributed by atoms with Crippen LogP contribution in [0.3, 0.4) is 0 Å². The van der Waals surface area contributed by atoms with Gasteiger partial charge in [-0.15, -0.1) is 11.3 Å². The molecule has 0 aliphatic heterocycles. The SMILES string of the molecule is Cc1csc(C(=O)O)c1NC(=O)Cn1cccn1. The predicted molar refractivity (Wildman–Crippen MR) is 66.9 cm³/mol. The number of aryl methyl sites for hydroxylation is 1. The van der Waals surface area contributed by atoms with Gasteiger partial charge in [-0.1, -0.05) is 0 Å². The van der Waals surface area contributed by atoms with E-state index < -0.39 is 5.97 Å². The molecule has 0 aromatic carbocycles. The van der Waals surface area contributed by atoms with Crippen molar-refractivity contribution < 1.29 is 14.7 Å². The quantitative estimate of drug-likeness (QED) is 0.879. The van der Waals surface area contributed by atoms with Gasteiger partial charge in [-0.2, -0.15) is 5.10 Å². The number of thiophene rings is 1. The van der Waals surface area contributed by atoms with Crippen molar-refractivity contribution in [2.24, 2.45) is 0 Å². The van der Waals surface area contributed by atoms with E-state index in [1.54, 1.807) is 30.8 Å². The molecule has 0 fully saturated rings. The van der Waals surface area contributed by atoms with Gasteiger partial charge in [0.05, 0.1) is 5.69 Å². The number of aromatic nitrogens is 2. The summed E-state index contributed by atoms with van der Waals surface area (Å²) in [7, 11) is 0. The Morgan fingerprint density at radius 2 is 2.33 bits per heavy atom. The van der Waals surface area contributed by atoms with E-state index in [-0.39, 0.29) is 17.3 Å². The highest BCUT2D eigenvalue weighted by Crippen LogP contribution is 2.27. The van der Waals surface area contributed by atoms with Gasteiger partial charge in [-0.05, 0) is 23.9 Å². The Labute approximate surface area is 107 Å². The zero-order valence-corrected chi connectivity index (χ0v) is 10.4. The first-order chi connectivity index (χ1) is 8.58. The summed E-state index contributed by atoms with van der Waals surface area (Å²) in [4.78, 5) is 22.9. The fraction of sp³-hybridized carbons (Fsp3) is 0.182. The number of nitrogens with zero attached hydrogens (tertiary/aromatic N) is 2. The largest absolute Gasteiger partial charge is 0.477 e. The Hall–Kier alpha value is -2.15. The highest BCUT2D eigenvalue weighted by atomic mass is 32.1. The van der Waals surface area contributed by atoms with E-state index in [9.17, 15) is 9.59 Å². The highest BCUT2D eigenvalue weighted by Gasteiger charge is 2.17. The number of carbonyl (C=O) groups excluding carboxylic acids is 1. The summed E-state index contributed by atoms with van der Waals surface area (Å²) in [5, 5.41) is 17.2. The molecule has 0 spiro atoms. The fourth-order valence-corrected chi connectivity index (χ4v) is 2.32. The third kappa shape index (κ3) is 2.57. The molecule has 0 unspecified atom stereocenters. The number of carboxylic acid groups (broad SMARTS) is 1. The molecule has 0 radical (unpaired) electrons. The molecule has 2 N–H and O–H groups in total. The Kier molecular flexibility index (Phi) is 3.42. The van der Waals surface area contributed by atoms with Crippen molar-refractivity contribution in [3.8, 4) is 0 Å². The molecule has 0 atom stereocenters. The van der Waals surface area contributed by atoms with Crippen molar-refractivity contribution in [3.63, 3.8) is 0 Å². The van der Waals surface area contributed by atoms with E-state index in [2.05, 4.69) is 10.4 Å². The molecule has 0 saturated carbocycles. The number of carbonyl (C=O) groups is 2. The number of carboxylic acids is 1. The van der Waals surface area contributed by atoms with Crippen LogP contribution in [0.4, 0.5) is 5.69 Å². The number of aromatic carboxylic acids is 1. The number of hydrogen-bond acceptors (Lipinski definition) is 4. The summed E-state index contributed by atoms with van der Waals surface area (Å²) in [5.41, 5.74) is 1.11. The lowest BCUT2D eigenvalue weighted by Gasteiger charge is -2.06. The lowest BCUT2D eigenvalue weighted by atomic mass is 10.2. The van der Waals surface area contributed by atoms with Crippen molar-refractivity contribution >= 4 is 28.9 Å². The standard InChI is InChI=1S/C11H11N3O3S/c1-7-6-18-10(11(16)17)9(7)13-8(15)5-14-4-2-3-12-14/h2-4,6H,5H2,1H3,(H,13,15)(H,16,17). The number of hydrogen-bond donors (Lipinski definition) is 2. The second kappa shape index (κ2) is 5.01. The second-order valence-electron chi connectivity index (χ2n) is 3.68. The molecule has 1 amide bonds. The minimum absolute atomic E-state index is 0.0569. The molecule has 2 heterocycles. The maximum atomic E-state index is 11.7.